The van der Waals surface area contributed by atoms with Gasteiger partial charge >= 0.3 is 5.97 Å². The second-order valence-corrected chi connectivity index (χ2v) is 8.54. The molecular weight excluding hydrogens is 425 g/mol. The first kappa shape index (κ1) is 20.7. The normalized spacial score (nSPS) is 23.5. The van der Waals surface area contributed by atoms with Crippen molar-refractivity contribution in [1.82, 2.24) is 0 Å². The minimum Gasteiger partial charge on any atom is -1.00 e. The van der Waals surface area contributed by atoms with Crippen molar-refractivity contribution in [2.75, 3.05) is 27.2 Å². The van der Waals surface area contributed by atoms with E-state index < -0.39 is 5.41 Å². The van der Waals surface area contributed by atoms with Crippen LogP contribution in [-0.2, 0) is 14.9 Å². The number of hydrogen-bond donors (Lipinski definition) is 0. The van der Waals surface area contributed by atoms with Crippen LogP contribution in [0.3, 0.4) is 0 Å². The zero-order valence-electron chi connectivity index (χ0n) is 15.8. The second-order valence-electron chi connectivity index (χ2n) is 8.54. The van der Waals surface area contributed by atoms with E-state index in [1.165, 1.54) is 12.8 Å². The molecule has 1 aliphatic heterocycles. The van der Waals surface area contributed by atoms with E-state index >= 15 is 0 Å². The lowest BCUT2D eigenvalue weighted by Crippen LogP contribution is -3.00. The summed E-state index contributed by atoms with van der Waals surface area (Å²) < 4.78 is 7.10. The summed E-state index contributed by atoms with van der Waals surface area (Å²) >= 11 is 0. The van der Waals surface area contributed by atoms with Crippen LogP contribution in [0.25, 0.3) is 0 Å². The number of benzene rings is 1. The van der Waals surface area contributed by atoms with Gasteiger partial charge in [0.25, 0.3) is 0 Å². The van der Waals surface area contributed by atoms with E-state index in [-0.39, 0.29) is 36.0 Å². The first-order chi connectivity index (χ1) is 11.4. The summed E-state index contributed by atoms with van der Waals surface area (Å²) in [5.41, 5.74) is 0.619. The van der Waals surface area contributed by atoms with Crippen molar-refractivity contribution < 1.29 is 38.0 Å². The first-order valence-corrected chi connectivity index (χ1v) is 9.50. The largest absolute Gasteiger partial charge is 1.00 e. The molecule has 4 heteroatoms. The van der Waals surface area contributed by atoms with Crippen LogP contribution in [0.4, 0.5) is 0 Å². The maximum absolute atomic E-state index is 13.3. The van der Waals surface area contributed by atoms with Gasteiger partial charge in [-0.1, -0.05) is 43.2 Å². The molecule has 1 aromatic carbocycles. The van der Waals surface area contributed by atoms with Crippen LogP contribution in [0.5, 0.6) is 0 Å². The van der Waals surface area contributed by atoms with Crippen molar-refractivity contribution in [2.45, 2.75) is 57.0 Å². The highest BCUT2D eigenvalue weighted by molar-refractivity contribution is 5.83. The van der Waals surface area contributed by atoms with E-state index in [2.05, 4.69) is 33.2 Å². The standard InChI is InChI=1S/C21H32NO2.HI/c1-21(18-11-7-8-12-18,17-9-5-4-6-10-17)20(23)24-19-13-15-22(2,3)16-14-19;/h4-6,9-10,18-19H,7-8,11-16H2,1-3H3;1H/q+1;/p-1/t21-;/m1./s1. The van der Waals surface area contributed by atoms with E-state index in [1.807, 2.05) is 18.2 Å². The molecule has 1 atom stereocenters. The van der Waals surface area contributed by atoms with E-state index in [0.29, 0.717) is 5.92 Å². The van der Waals surface area contributed by atoms with Crippen molar-refractivity contribution in [1.29, 1.82) is 0 Å². The Morgan fingerprint density at radius 1 is 1.04 bits per heavy atom. The predicted molar refractivity (Wildman–Crippen MR) is 96.7 cm³/mol. The summed E-state index contributed by atoms with van der Waals surface area (Å²) in [6.07, 6.45) is 6.78. The molecule has 1 saturated heterocycles. The van der Waals surface area contributed by atoms with Gasteiger partial charge in [0.05, 0.1) is 32.6 Å². The summed E-state index contributed by atoms with van der Waals surface area (Å²) in [5.74, 6) is 0.404. The zero-order valence-corrected chi connectivity index (χ0v) is 18.0. The molecule has 2 aliphatic rings. The SMILES string of the molecule is C[C@@](C(=O)OC1CC[N+](C)(C)CC1)(c1ccccc1)C1CCCC1.[I-]. The number of ether oxygens (including phenoxy) is 1. The smallest absolute Gasteiger partial charge is 0.316 e. The molecule has 3 nitrogen and oxygen atoms in total. The number of hydrogen-bond acceptors (Lipinski definition) is 2. The highest BCUT2D eigenvalue weighted by Gasteiger charge is 2.46. The van der Waals surface area contributed by atoms with E-state index in [1.54, 1.807) is 0 Å². The summed E-state index contributed by atoms with van der Waals surface area (Å²) in [6.45, 7) is 4.29. The van der Waals surface area contributed by atoms with Crippen LogP contribution >= 0.6 is 0 Å². The molecule has 1 aliphatic carbocycles. The fraction of sp³-hybridized carbons (Fsp3) is 0.667. The van der Waals surface area contributed by atoms with Gasteiger partial charge < -0.3 is 33.2 Å². The molecule has 0 spiro atoms. The highest BCUT2D eigenvalue weighted by Crippen LogP contribution is 2.43. The van der Waals surface area contributed by atoms with E-state index in [0.717, 1.165) is 48.8 Å². The lowest BCUT2D eigenvalue weighted by molar-refractivity contribution is -0.896. The fourth-order valence-corrected chi connectivity index (χ4v) is 4.44. The molecule has 1 heterocycles. The molecule has 0 bridgehead atoms. The van der Waals surface area contributed by atoms with E-state index in [9.17, 15) is 4.79 Å². The molecule has 0 unspecified atom stereocenters. The number of rotatable bonds is 4. The Bertz CT molecular complexity index is 559. The van der Waals surface area contributed by atoms with Crippen LogP contribution in [0, 0.1) is 5.92 Å². The Balaban J connectivity index is 0.00000225. The lowest BCUT2D eigenvalue weighted by Gasteiger charge is -2.39. The monoisotopic (exact) mass is 457 g/mol. The van der Waals surface area contributed by atoms with Gasteiger partial charge in [-0.15, -0.1) is 0 Å². The third kappa shape index (κ3) is 4.57. The van der Waals surface area contributed by atoms with Gasteiger partial charge in [0.2, 0.25) is 0 Å². The molecule has 25 heavy (non-hydrogen) atoms. The van der Waals surface area contributed by atoms with Crippen LogP contribution in [0.1, 0.15) is 51.0 Å². The number of esters is 1. The van der Waals surface area contributed by atoms with Gasteiger partial charge in [0.15, 0.2) is 0 Å². The minimum atomic E-state index is -0.500. The Labute approximate surface area is 169 Å². The average molecular weight is 457 g/mol. The maximum Gasteiger partial charge on any atom is 0.316 e. The molecule has 3 rings (SSSR count). The third-order valence-corrected chi connectivity index (χ3v) is 6.36. The number of likely N-dealkylation sites (tertiary alicyclic amines) is 1. The van der Waals surface area contributed by atoms with Crippen LogP contribution in [0.2, 0.25) is 0 Å². The van der Waals surface area contributed by atoms with Crippen molar-refractivity contribution >= 4 is 5.97 Å². The minimum absolute atomic E-state index is 0. The third-order valence-electron chi connectivity index (χ3n) is 6.36. The number of halogens is 1. The second kappa shape index (κ2) is 8.38. The molecule has 1 saturated carbocycles. The number of piperidine rings is 1. The summed E-state index contributed by atoms with van der Waals surface area (Å²) in [4.78, 5) is 13.3. The maximum atomic E-state index is 13.3. The lowest BCUT2D eigenvalue weighted by atomic mass is 9.71. The Morgan fingerprint density at radius 3 is 2.16 bits per heavy atom. The summed E-state index contributed by atoms with van der Waals surface area (Å²) in [6, 6.07) is 10.3. The molecule has 0 amide bonds. The first-order valence-electron chi connectivity index (χ1n) is 9.50. The van der Waals surface area contributed by atoms with Crippen molar-refractivity contribution in [3.63, 3.8) is 0 Å². The van der Waals surface area contributed by atoms with Crippen molar-refractivity contribution in [2.24, 2.45) is 5.92 Å². The highest BCUT2D eigenvalue weighted by atomic mass is 127. The van der Waals surface area contributed by atoms with Crippen LogP contribution < -0.4 is 24.0 Å². The van der Waals surface area contributed by atoms with Crippen LogP contribution in [-0.4, -0.2) is 43.7 Å². The fourth-order valence-electron chi connectivity index (χ4n) is 4.44. The quantitative estimate of drug-likeness (QED) is 0.382. The van der Waals surface area contributed by atoms with Gasteiger partial charge in [-0.3, -0.25) is 4.79 Å². The zero-order chi connectivity index (χ0) is 17.2. The van der Waals surface area contributed by atoms with Crippen molar-refractivity contribution in [3.8, 4) is 0 Å². The van der Waals surface area contributed by atoms with Crippen molar-refractivity contribution in [3.05, 3.63) is 35.9 Å². The molecule has 0 radical (unpaired) electrons. The molecule has 1 aromatic rings. The Hall–Kier alpha value is -0.620. The number of quaternary nitrogens is 1. The van der Waals surface area contributed by atoms with Gasteiger partial charge in [-0.05, 0) is 31.2 Å². The number of nitrogens with zero attached hydrogens (tertiary/aromatic N) is 1. The molecule has 0 N–H and O–H groups in total. The average Bonchev–Trinajstić information content (AvgIpc) is 3.12. The predicted octanol–water partition coefficient (Wildman–Crippen LogP) is 0.921. The Kier molecular flexibility index (Phi) is 6.94. The van der Waals surface area contributed by atoms with Gasteiger partial charge in [0.1, 0.15) is 6.10 Å². The Morgan fingerprint density at radius 2 is 1.60 bits per heavy atom. The summed E-state index contributed by atoms with van der Waals surface area (Å²) in [5, 5.41) is 0. The summed E-state index contributed by atoms with van der Waals surface area (Å²) in [7, 11) is 4.51. The number of carbonyl (C=O) groups is 1. The molecule has 2 fully saturated rings. The molecule has 0 aromatic heterocycles. The van der Waals surface area contributed by atoms with E-state index in [4.69, 9.17) is 4.74 Å². The van der Waals surface area contributed by atoms with Gasteiger partial charge in [-0.2, -0.15) is 0 Å². The van der Waals surface area contributed by atoms with Crippen LogP contribution in [0.15, 0.2) is 30.3 Å². The van der Waals surface area contributed by atoms with Gasteiger partial charge in [0, 0.05) is 12.8 Å². The molecular formula is C21H32INO2. The number of carbonyl (C=O) groups excluding carboxylic acids is 1. The topological polar surface area (TPSA) is 26.3 Å². The van der Waals surface area contributed by atoms with Gasteiger partial charge in [-0.25, -0.2) is 0 Å². The molecule has 140 valence electrons.